The molecule has 2 aromatic carbocycles. The zero-order valence-electron chi connectivity index (χ0n) is 16.4. The fourth-order valence-electron chi connectivity index (χ4n) is 2.87. The molecule has 0 aliphatic rings. The second-order valence-electron chi connectivity index (χ2n) is 6.37. The van der Waals surface area contributed by atoms with Gasteiger partial charge in [0.1, 0.15) is 12.4 Å². The summed E-state index contributed by atoms with van der Waals surface area (Å²) >= 11 is 6.28. The van der Waals surface area contributed by atoms with Crippen molar-refractivity contribution in [1.29, 1.82) is 0 Å². The van der Waals surface area contributed by atoms with Gasteiger partial charge < -0.3 is 14.6 Å². The molecule has 0 aliphatic carbocycles. The van der Waals surface area contributed by atoms with Gasteiger partial charge in [-0.25, -0.2) is 9.48 Å². The molecule has 152 valence electrons. The van der Waals surface area contributed by atoms with Crippen LogP contribution in [0.2, 0.25) is 5.02 Å². The van der Waals surface area contributed by atoms with Crippen LogP contribution in [0.25, 0.3) is 11.3 Å². The Morgan fingerprint density at radius 3 is 2.48 bits per heavy atom. The largest absolute Gasteiger partial charge is 0.490 e. The lowest BCUT2D eigenvalue weighted by atomic mass is 10.1. The van der Waals surface area contributed by atoms with Gasteiger partial charge in [0.15, 0.2) is 0 Å². The van der Waals surface area contributed by atoms with E-state index in [1.807, 2.05) is 31.2 Å². The van der Waals surface area contributed by atoms with Crippen LogP contribution in [-0.2, 0) is 13.0 Å². The van der Waals surface area contributed by atoms with Gasteiger partial charge in [0, 0.05) is 11.6 Å². The molecule has 0 unspecified atom stereocenters. The maximum Gasteiger partial charge on any atom is 0.335 e. The van der Waals surface area contributed by atoms with E-state index in [0.717, 1.165) is 17.5 Å². The van der Waals surface area contributed by atoms with Gasteiger partial charge in [0.05, 0.1) is 29.4 Å². The second-order valence-corrected chi connectivity index (χ2v) is 6.78. The molecule has 7 heteroatoms. The van der Waals surface area contributed by atoms with Gasteiger partial charge in [-0.05, 0) is 43.2 Å². The molecule has 1 heterocycles. The minimum Gasteiger partial charge on any atom is -0.490 e. The van der Waals surface area contributed by atoms with Crippen molar-refractivity contribution in [3.8, 4) is 22.9 Å². The summed E-state index contributed by atoms with van der Waals surface area (Å²) in [5.41, 5.74) is 2.91. The molecule has 0 fully saturated rings. The van der Waals surface area contributed by atoms with Crippen molar-refractivity contribution in [1.82, 2.24) is 9.78 Å². The van der Waals surface area contributed by atoms with E-state index in [1.54, 1.807) is 28.9 Å². The average molecular weight is 415 g/mol. The Bertz CT molecular complexity index is 983. The number of carbonyl (C=O) groups is 1. The van der Waals surface area contributed by atoms with E-state index < -0.39 is 5.97 Å². The van der Waals surface area contributed by atoms with Gasteiger partial charge in [-0.1, -0.05) is 36.7 Å². The summed E-state index contributed by atoms with van der Waals surface area (Å²) in [5.74, 6) is 0.305. The highest BCUT2D eigenvalue weighted by atomic mass is 35.5. The molecule has 0 bridgehead atoms. The summed E-state index contributed by atoms with van der Waals surface area (Å²) in [7, 11) is 0. The molecule has 3 rings (SSSR count). The Hall–Kier alpha value is -2.99. The molecule has 1 N–H and O–H groups in total. The molecular formula is C22H23ClN2O4. The van der Waals surface area contributed by atoms with Crippen LogP contribution in [0.5, 0.6) is 11.6 Å². The molecule has 0 amide bonds. The normalized spacial score (nSPS) is 10.7. The zero-order valence-corrected chi connectivity index (χ0v) is 17.1. The molecular weight excluding hydrogens is 392 g/mol. The van der Waals surface area contributed by atoms with E-state index in [0.29, 0.717) is 42.1 Å². The van der Waals surface area contributed by atoms with Crippen LogP contribution in [0.1, 0.15) is 29.8 Å². The highest BCUT2D eigenvalue weighted by molar-refractivity contribution is 6.32. The molecule has 0 atom stereocenters. The van der Waals surface area contributed by atoms with E-state index in [2.05, 4.69) is 12.0 Å². The van der Waals surface area contributed by atoms with Crippen LogP contribution < -0.4 is 9.47 Å². The highest BCUT2D eigenvalue weighted by Gasteiger charge is 2.12. The summed E-state index contributed by atoms with van der Waals surface area (Å²) in [6.45, 7) is 5.35. The first-order valence-electron chi connectivity index (χ1n) is 9.47. The number of benzene rings is 2. The number of carboxylic acids is 1. The number of hydrogen-bond acceptors (Lipinski definition) is 4. The maximum absolute atomic E-state index is 11.0. The fourth-order valence-corrected chi connectivity index (χ4v) is 3.13. The number of rotatable bonds is 9. The Kier molecular flexibility index (Phi) is 6.77. The Morgan fingerprint density at radius 1 is 1.10 bits per heavy atom. The standard InChI is InChI=1S/C22H23ClN2O4/c1-3-15-5-10-20(18(23)13-15)29-12-11-25-21(28-4-2)14-19(24-25)16-6-8-17(9-7-16)22(26)27/h5-10,13-14H,3-4,11-12H2,1-2H3,(H,26,27). The third-order valence-corrected chi connectivity index (χ3v) is 4.72. The lowest BCUT2D eigenvalue weighted by molar-refractivity contribution is 0.0697. The van der Waals surface area contributed by atoms with Crippen LogP contribution in [0.15, 0.2) is 48.5 Å². The van der Waals surface area contributed by atoms with Gasteiger partial charge in [-0.2, -0.15) is 5.10 Å². The van der Waals surface area contributed by atoms with Crippen molar-refractivity contribution in [2.45, 2.75) is 26.8 Å². The van der Waals surface area contributed by atoms with Crippen molar-refractivity contribution in [2.75, 3.05) is 13.2 Å². The third-order valence-electron chi connectivity index (χ3n) is 4.43. The van der Waals surface area contributed by atoms with E-state index >= 15 is 0 Å². The van der Waals surface area contributed by atoms with E-state index in [-0.39, 0.29) is 5.56 Å². The molecule has 0 saturated carbocycles. The van der Waals surface area contributed by atoms with Crippen molar-refractivity contribution in [2.24, 2.45) is 0 Å². The summed E-state index contributed by atoms with van der Waals surface area (Å²) < 4.78 is 13.2. The minimum atomic E-state index is -0.958. The Morgan fingerprint density at radius 2 is 1.86 bits per heavy atom. The number of ether oxygens (including phenoxy) is 2. The second kappa shape index (κ2) is 9.47. The number of aromatic nitrogens is 2. The summed E-state index contributed by atoms with van der Waals surface area (Å²) in [5, 5.41) is 14.2. The van der Waals surface area contributed by atoms with Crippen LogP contribution in [0.4, 0.5) is 0 Å². The van der Waals surface area contributed by atoms with Crippen LogP contribution in [-0.4, -0.2) is 34.1 Å². The monoisotopic (exact) mass is 414 g/mol. The topological polar surface area (TPSA) is 73.6 Å². The van der Waals surface area contributed by atoms with Crippen molar-refractivity contribution < 1.29 is 19.4 Å². The SMILES string of the molecule is CCOc1cc(-c2ccc(C(=O)O)cc2)nn1CCOc1ccc(CC)cc1Cl. The first kappa shape index (κ1) is 20.7. The van der Waals surface area contributed by atoms with Gasteiger partial charge in [0.2, 0.25) is 5.88 Å². The fraction of sp³-hybridized carbons (Fsp3) is 0.273. The smallest absolute Gasteiger partial charge is 0.335 e. The van der Waals surface area contributed by atoms with Crippen molar-refractivity contribution in [3.05, 3.63) is 64.7 Å². The first-order chi connectivity index (χ1) is 14.0. The van der Waals surface area contributed by atoms with Crippen LogP contribution >= 0.6 is 11.6 Å². The lowest BCUT2D eigenvalue weighted by Crippen LogP contribution is -2.11. The van der Waals surface area contributed by atoms with E-state index in [4.69, 9.17) is 26.2 Å². The first-order valence-corrected chi connectivity index (χ1v) is 9.85. The minimum absolute atomic E-state index is 0.234. The van der Waals surface area contributed by atoms with Gasteiger partial charge in [0.25, 0.3) is 0 Å². The number of hydrogen-bond donors (Lipinski definition) is 1. The predicted molar refractivity (Wildman–Crippen MR) is 112 cm³/mol. The molecule has 0 aliphatic heterocycles. The molecule has 6 nitrogen and oxygen atoms in total. The average Bonchev–Trinajstić information content (AvgIpc) is 3.12. The number of aromatic carboxylic acids is 1. The molecule has 29 heavy (non-hydrogen) atoms. The molecule has 0 radical (unpaired) electrons. The number of halogens is 1. The summed E-state index contributed by atoms with van der Waals surface area (Å²) in [6, 6.07) is 14.2. The number of aryl methyl sites for hydroxylation is 1. The molecule has 0 spiro atoms. The Labute approximate surface area is 174 Å². The third kappa shape index (κ3) is 5.09. The lowest BCUT2D eigenvalue weighted by Gasteiger charge is -2.11. The van der Waals surface area contributed by atoms with Crippen LogP contribution in [0.3, 0.4) is 0 Å². The summed E-state index contributed by atoms with van der Waals surface area (Å²) in [6.07, 6.45) is 0.918. The highest BCUT2D eigenvalue weighted by Crippen LogP contribution is 2.27. The predicted octanol–water partition coefficient (Wildman–Crippen LogP) is 4.94. The maximum atomic E-state index is 11.0. The molecule has 0 saturated heterocycles. The molecule has 1 aromatic heterocycles. The number of nitrogens with zero attached hydrogens (tertiary/aromatic N) is 2. The molecule has 3 aromatic rings. The zero-order chi connectivity index (χ0) is 20.8. The Balaban J connectivity index is 1.72. The van der Waals surface area contributed by atoms with E-state index in [9.17, 15) is 4.79 Å². The summed E-state index contributed by atoms with van der Waals surface area (Å²) in [4.78, 5) is 11.0. The van der Waals surface area contributed by atoms with Crippen molar-refractivity contribution >= 4 is 17.6 Å². The van der Waals surface area contributed by atoms with E-state index in [1.165, 1.54) is 0 Å². The van der Waals surface area contributed by atoms with Gasteiger partial charge in [-0.3, -0.25) is 0 Å². The van der Waals surface area contributed by atoms with Gasteiger partial charge in [-0.15, -0.1) is 0 Å². The number of carboxylic acid groups (broad SMARTS) is 1. The quantitative estimate of drug-likeness (QED) is 0.536. The van der Waals surface area contributed by atoms with Crippen molar-refractivity contribution in [3.63, 3.8) is 0 Å². The van der Waals surface area contributed by atoms with Crippen LogP contribution in [0, 0.1) is 0 Å². The van der Waals surface area contributed by atoms with Gasteiger partial charge >= 0.3 is 5.97 Å².